The van der Waals surface area contributed by atoms with E-state index in [0.29, 0.717) is 16.9 Å². The van der Waals surface area contributed by atoms with E-state index in [4.69, 9.17) is 0 Å². The minimum atomic E-state index is -1.52. The van der Waals surface area contributed by atoms with Gasteiger partial charge in [-0.05, 0) is 25.7 Å². The molecule has 0 aromatic rings. The molecule has 0 bridgehead atoms. The number of allylic oxidation sites excluding steroid dienone is 2. The third-order valence-corrected chi connectivity index (χ3v) is 10.7. The van der Waals surface area contributed by atoms with Gasteiger partial charge in [0.2, 0.25) is 0 Å². The molecule has 0 amide bonds. The molecular formula is C23H46OSi2. The summed E-state index contributed by atoms with van der Waals surface area (Å²) in [6.07, 6.45) is 12.9. The lowest BCUT2D eigenvalue weighted by molar-refractivity contribution is -0.117. The molecule has 0 N–H and O–H groups in total. The van der Waals surface area contributed by atoms with Gasteiger partial charge in [-0.25, -0.2) is 0 Å². The largest absolute Gasteiger partial charge is 0.299 e. The normalized spacial score (nSPS) is 21.8. The average molecular weight is 395 g/mol. The van der Waals surface area contributed by atoms with E-state index in [-0.39, 0.29) is 0 Å². The molecule has 0 aliphatic heterocycles. The van der Waals surface area contributed by atoms with Crippen molar-refractivity contribution < 1.29 is 4.79 Å². The second-order valence-corrected chi connectivity index (χ2v) is 21.3. The number of rotatable bonds is 12. The molecule has 0 saturated heterocycles. The first kappa shape index (κ1) is 23.9. The molecule has 1 rings (SSSR count). The summed E-state index contributed by atoms with van der Waals surface area (Å²) >= 11 is 0. The summed E-state index contributed by atoms with van der Waals surface area (Å²) in [4.78, 5) is 13.6. The molecule has 0 unspecified atom stereocenters. The molecule has 3 heteroatoms. The maximum atomic E-state index is 13.6. The van der Waals surface area contributed by atoms with Crippen LogP contribution in [-0.2, 0) is 4.79 Å². The molecule has 0 aromatic carbocycles. The van der Waals surface area contributed by atoms with Crippen LogP contribution in [0.2, 0.25) is 50.4 Å². The summed E-state index contributed by atoms with van der Waals surface area (Å²) in [6.45, 7) is 19.1. The van der Waals surface area contributed by atoms with Gasteiger partial charge >= 0.3 is 0 Å². The highest BCUT2D eigenvalue weighted by Crippen LogP contribution is 2.53. The third kappa shape index (κ3) is 6.47. The van der Waals surface area contributed by atoms with Gasteiger partial charge in [-0.2, -0.15) is 0 Å². The second-order valence-electron chi connectivity index (χ2n) is 10.7. The quantitative estimate of drug-likeness (QED) is 0.185. The number of hydrogen-bond acceptors (Lipinski definition) is 1. The first-order valence-electron chi connectivity index (χ1n) is 11.3. The van der Waals surface area contributed by atoms with Crippen molar-refractivity contribution >= 4 is 21.9 Å². The molecule has 2 atom stereocenters. The molecule has 0 radical (unpaired) electrons. The highest BCUT2D eigenvalue weighted by atomic mass is 28.3. The Morgan fingerprint density at radius 2 is 0.962 bits per heavy atom. The van der Waals surface area contributed by atoms with Crippen LogP contribution in [0.3, 0.4) is 0 Å². The van der Waals surface area contributed by atoms with E-state index >= 15 is 0 Å². The van der Waals surface area contributed by atoms with E-state index in [1.165, 1.54) is 64.2 Å². The van der Waals surface area contributed by atoms with Crippen molar-refractivity contribution in [3.63, 3.8) is 0 Å². The van der Waals surface area contributed by atoms with Crippen LogP contribution in [0.4, 0.5) is 0 Å². The summed E-state index contributed by atoms with van der Waals surface area (Å²) in [5.74, 6) is 0.638. The number of unbranched alkanes of at least 4 members (excludes halogenated alkanes) is 6. The first-order chi connectivity index (χ1) is 12.1. The van der Waals surface area contributed by atoms with E-state index in [0.717, 1.165) is 0 Å². The number of carbonyl (C=O) groups is 1. The maximum absolute atomic E-state index is 13.6. The molecule has 1 nitrogen and oxygen atoms in total. The fourth-order valence-electron chi connectivity index (χ4n) is 4.87. The van der Waals surface area contributed by atoms with Gasteiger partial charge in [-0.1, -0.05) is 103 Å². The Labute approximate surface area is 166 Å². The Hall–Kier alpha value is -0.156. The van der Waals surface area contributed by atoms with Crippen molar-refractivity contribution in [2.24, 2.45) is 0 Å². The van der Waals surface area contributed by atoms with Crippen LogP contribution >= 0.6 is 0 Å². The van der Waals surface area contributed by atoms with Crippen molar-refractivity contribution in [2.75, 3.05) is 0 Å². The van der Waals surface area contributed by atoms with Crippen molar-refractivity contribution in [3.05, 3.63) is 11.1 Å². The van der Waals surface area contributed by atoms with Gasteiger partial charge < -0.3 is 0 Å². The minimum absolute atomic E-state index is 0.307. The molecule has 0 saturated carbocycles. The van der Waals surface area contributed by atoms with Crippen LogP contribution in [0.15, 0.2) is 11.1 Å². The molecule has 0 spiro atoms. The predicted octanol–water partition coefficient (Wildman–Crippen LogP) is 8.22. The van der Waals surface area contributed by atoms with Gasteiger partial charge in [0, 0.05) is 11.1 Å². The number of ketones is 1. The number of Topliss-reactive ketones (excluding diaryl/α,β-unsaturated/α-hetero) is 1. The van der Waals surface area contributed by atoms with E-state index < -0.39 is 16.1 Å². The van der Waals surface area contributed by atoms with Gasteiger partial charge in [0.1, 0.15) is 5.78 Å². The Morgan fingerprint density at radius 1 is 0.615 bits per heavy atom. The van der Waals surface area contributed by atoms with Crippen molar-refractivity contribution in [3.8, 4) is 0 Å². The SMILES string of the molecule is CCCCCCC1=C(CCCCCC)[C@@H]([Si](C)(C)C)C(=O)[C@@H]1[Si](C)(C)C. The van der Waals surface area contributed by atoms with Crippen LogP contribution in [0.1, 0.15) is 78.1 Å². The molecule has 26 heavy (non-hydrogen) atoms. The van der Waals surface area contributed by atoms with Crippen LogP contribution in [0, 0.1) is 0 Å². The van der Waals surface area contributed by atoms with Crippen molar-refractivity contribution in [1.29, 1.82) is 0 Å². The standard InChI is InChI=1S/C23H46OSi2/c1-9-11-13-15-17-19-20(18-16-14-12-10-2)23(26(6,7)8)21(24)22(19)25(3,4)5/h22-23H,9-18H2,1-8H3/t22-,23-/m1/s1. The van der Waals surface area contributed by atoms with Crippen molar-refractivity contribution in [1.82, 2.24) is 0 Å². The topological polar surface area (TPSA) is 17.1 Å². The summed E-state index contributed by atoms with van der Waals surface area (Å²) in [7, 11) is -3.04. The van der Waals surface area contributed by atoms with Crippen molar-refractivity contribution in [2.45, 2.75) is 128 Å². The summed E-state index contributed by atoms with van der Waals surface area (Å²) < 4.78 is 0. The van der Waals surface area contributed by atoms with E-state index in [1.54, 1.807) is 11.1 Å². The van der Waals surface area contributed by atoms with Gasteiger partial charge in [0.25, 0.3) is 0 Å². The number of carbonyl (C=O) groups excluding carboxylic acids is 1. The van der Waals surface area contributed by atoms with E-state index in [1.807, 2.05) is 0 Å². The molecular weight excluding hydrogens is 348 g/mol. The zero-order chi connectivity index (χ0) is 20.0. The van der Waals surface area contributed by atoms with E-state index in [9.17, 15) is 4.79 Å². The van der Waals surface area contributed by atoms with Gasteiger partial charge in [0.05, 0.1) is 16.1 Å². The van der Waals surface area contributed by atoms with Gasteiger partial charge in [-0.15, -0.1) is 0 Å². The lowest BCUT2D eigenvalue weighted by Crippen LogP contribution is -2.38. The molecule has 1 aliphatic carbocycles. The minimum Gasteiger partial charge on any atom is -0.299 e. The highest BCUT2D eigenvalue weighted by molar-refractivity contribution is 6.86. The molecule has 0 aromatic heterocycles. The zero-order valence-corrected chi connectivity index (χ0v) is 21.1. The fourth-order valence-corrected chi connectivity index (χ4v) is 9.83. The monoisotopic (exact) mass is 394 g/mol. The summed E-state index contributed by atoms with van der Waals surface area (Å²) in [5.41, 5.74) is 3.88. The summed E-state index contributed by atoms with van der Waals surface area (Å²) in [5, 5.41) is 0. The second kappa shape index (κ2) is 10.4. The Kier molecular flexibility index (Phi) is 9.56. The molecule has 1 aliphatic rings. The average Bonchev–Trinajstić information content (AvgIpc) is 2.80. The lowest BCUT2D eigenvalue weighted by Gasteiger charge is -2.30. The van der Waals surface area contributed by atoms with Gasteiger partial charge in [-0.3, -0.25) is 4.79 Å². The molecule has 152 valence electrons. The Morgan fingerprint density at radius 3 is 1.23 bits per heavy atom. The maximum Gasteiger partial charge on any atom is 0.141 e. The zero-order valence-electron chi connectivity index (χ0n) is 19.1. The Bertz CT molecular complexity index is 437. The van der Waals surface area contributed by atoms with Crippen LogP contribution in [0.5, 0.6) is 0 Å². The van der Waals surface area contributed by atoms with E-state index in [2.05, 4.69) is 53.1 Å². The smallest absolute Gasteiger partial charge is 0.141 e. The lowest BCUT2D eigenvalue weighted by atomic mass is 9.99. The van der Waals surface area contributed by atoms with Crippen LogP contribution in [0.25, 0.3) is 0 Å². The predicted molar refractivity (Wildman–Crippen MR) is 124 cm³/mol. The molecule has 0 heterocycles. The summed E-state index contributed by atoms with van der Waals surface area (Å²) in [6, 6.07) is 0. The molecule has 0 fully saturated rings. The fraction of sp³-hybridized carbons (Fsp3) is 0.870. The Balaban J connectivity index is 3.17. The van der Waals surface area contributed by atoms with Crippen LogP contribution < -0.4 is 0 Å². The highest BCUT2D eigenvalue weighted by Gasteiger charge is 2.50. The third-order valence-electron chi connectivity index (χ3n) is 6.01. The van der Waals surface area contributed by atoms with Crippen LogP contribution in [-0.4, -0.2) is 21.9 Å². The number of hydrogen-bond donors (Lipinski definition) is 0. The van der Waals surface area contributed by atoms with Gasteiger partial charge in [0.15, 0.2) is 0 Å². The first-order valence-corrected chi connectivity index (χ1v) is 18.5.